The minimum atomic E-state index is -4.70. The Morgan fingerprint density at radius 1 is 0.595 bits per heavy atom. The van der Waals surface area contributed by atoms with Crippen molar-refractivity contribution in [3.05, 3.63) is 47.5 Å². The third kappa shape index (κ3) is 17.1. The van der Waals surface area contributed by atoms with Crippen LogP contribution < -0.4 is 0 Å². The quantitative estimate of drug-likeness (QED) is 0.178. The fraction of sp³-hybridized carbons (Fsp3) is 0. The zero-order valence-electron chi connectivity index (χ0n) is 18.1. The largest absolute Gasteiger partial charge is 2.00 e. The van der Waals surface area contributed by atoms with E-state index < -0.39 is 64.6 Å². The topological polar surface area (TPSA) is 490 Å². The second-order valence-electron chi connectivity index (χ2n) is 4.88. The van der Waals surface area contributed by atoms with Gasteiger partial charge in [-0.05, 0) is 36.4 Å². The van der Waals surface area contributed by atoms with Gasteiger partial charge in [-0.3, -0.25) is 0 Å². The van der Waals surface area contributed by atoms with E-state index in [0.717, 1.165) is 24.3 Å². The molecule has 0 amide bonds. The van der Waals surface area contributed by atoms with Crippen molar-refractivity contribution in [1.29, 1.82) is 0 Å². The first kappa shape index (κ1) is 59.2. The van der Waals surface area contributed by atoms with Crippen molar-refractivity contribution in [1.82, 2.24) is 0 Å². The molecule has 0 spiro atoms. The van der Waals surface area contributed by atoms with Crippen molar-refractivity contribution in [2.24, 2.45) is 0 Å². The molecule has 37 heavy (non-hydrogen) atoms. The molecule has 26 N–H and O–H groups in total. The summed E-state index contributed by atoms with van der Waals surface area (Å²) in [6, 6.07) is 4.58. The van der Waals surface area contributed by atoms with Crippen LogP contribution in [-0.2, 0) is 69.9 Å². The van der Waals surface area contributed by atoms with Crippen LogP contribution >= 0.6 is 0 Å². The SMILES string of the molecule is O.O.O=C(O)c1cc(S(=O)(=O)[O-])ccc1O.O=C(O)c1cc(S(=O)(=O)[O-])ccc1O.[Co+2].[OH3+].[OH3+].[OH3+].[OH3+].[OH3+].[OH3+]. The molecule has 1 radical (unpaired) electrons. The van der Waals surface area contributed by atoms with Crippen molar-refractivity contribution >= 4 is 32.2 Å². The van der Waals surface area contributed by atoms with Gasteiger partial charge in [0.2, 0.25) is 0 Å². The van der Waals surface area contributed by atoms with E-state index in [1.165, 1.54) is 0 Å². The first-order valence-corrected chi connectivity index (χ1v) is 9.50. The number of hydrogen-bond donors (Lipinski definition) is 4. The summed E-state index contributed by atoms with van der Waals surface area (Å²) in [5.74, 6) is -4.20. The molecular weight excluding hydrogens is 611 g/mol. The summed E-state index contributed by atoms with van der Waals surface area (Å²) in [5, 5.41) is 35.0. The summed E-state index contributed by atoms with van der Waals surface area (Å²) in [7, 11) is -9.40. The maximum atomic E-state index is 10.5. The Bertz CT molecular complexity index is 1060. The molecule has 2 rings (SSSR count). The van der Waals surface area contributed by atoms with Crippen LogP contribution in [0.3, 0.4) is 0 Å². The molecular formula is C14H32CoO20S2+6. The van der Waals surface area contributed by atoms with E-state index in [0.29, 0.717) is 12.1 Å². The Morgan fingerprint density at radius 2 is 0.811 bits per heavy atom. The second kappa shape index (κ2) is 22.2. The molecule has 0 aliphatic carbocycles. The Labute approximate surface area is 217 Å². The molecule has 2 aromatic carbocycles. The fourth-order valence-electron chi connectivity index (χ4n) is 1.68. The van der Waals surface area contributed by atoms with Crippen molar-refractivity contribution in [2.75, 3.05) is 0 Å². The van der Waals surface area contributed by atoms with E-state index in [1.807, 2.05) is 0 Å². The zero-order chi connectivity index (χ0) is 21.9. The van der Waals surface area contributed by atoms with E-state index >= 15 is 0 Å². The van der Waals surface area contributed by atoms with Crippen LogP contribution in [0.15, 0.2) is 46.2 Å². The summed E-state index contributed by atoms with van der Waals surface area (Å²) in [4.78, 5) is 19.5. The number of carboxylic acids is 2. The van der Waals surface area contributed by atoms with Gasteiger partial charge in [-0.1, -0.05) is 0 Å². The number of carboxylic acid groups (broad SMARTS) is 2. The van der Waals surface area contributed by atoms with Crippen LogP contribution in [0, 0.1) is 0 Å². The minimum absolute atomic E-state index is 0. The van der Waals surface area contributed by atoms with Gasteiger partial charge in [0.25, 0.3) is 0 Å². The van der Waals surface area contributed by atoms with Crippen LogP contribution in [0.2, 0.25) is 0 Å². The molecule has 0 unspecified atom stereocenters. The van der Waals surface area contributed by atoms with Crippen LogP contribution in [0.25, 0.3) is 0 Å². The van der Waals surface area contributed by atoms with Crippen LogP contribution in [0.4, 0.5) is 0 Å². The van der Waals surface area contributed by atoms with E-state index in [-0.39, 0.29) is 60.6 Å². The Balaban J connectivity index is -0.0000000487. The number of benzene rings is 2. The molecule has 0 aliphatic rings. The number of hydrogen-bond acceptors (Lipinski definition) is 10. The van der Waals surface area contributed by atoms with Crippen molar-refractivity contribution in [3.63, 3.8) is 0 Å². The molecule has 0 aromatic heterocycles. The van der Waals surface area contributed by atoms with Gasteiger partial charge >= 0.3 is 28.7 Å². The average molecular weight is 643 g/mol. The summed E-state index contributed by atoms with van der Waals surface area (Å²) in [6.45, 7) is 0. The van der Waals surface area contributed by atoms with Crippen LogP contribution in [0.5, 0.6) is 11.5 Å². The maximum absolute atomic E-state index is 10.5. The summed E-state index contributed by atoms with van der Waals surface area (Å²) < 4.78 is 62.9. The second-order valence-corrected chi connectivity index (χ2v) is 7.64. The predicted molar refractivity (Wildman–Crippen MR) is 123 cm³/mol. The fourth-order valence-corrected chi connectivity index (χ4v) is 2.68. The van der Waals surface area contributed by atoms with Gasteiger partial charge in [-0.2, -0.15) is 0 Å². The number of rotatable bonds is 4. The van der Waals surface area contributed by atoms with E-state index in [4.69, 9.17) is 20.4 Å². The van der Waals surface area contributed by atoms with Gasteiger partial charge in [0.05, 0.1) is 9.79 Å². The molecule has 23 heteroatoms. The first-order chi connectivity index (χ1) is 12.6. The molecule has 223 valence electrons. The first-order valence-electron chi connectivity index (χ1n) is 6.69. The standard InChI is InChI=1S/2C7H6O6S.Co.8H2O/c2*8-6-2-1-4(14(11,12)13)3-5(6)7(9)10;;;;;;;;;/h2*1-3,8H,(H,9,10)(H,11,12,13);;8*1H2/q;;+2;;;;;;;;/p+4. The normalized spacial score (nSPS) is 8.49. The number of carbonyl (C=O) groups is 2. The Hall–Kier alpha value is -3.01. The molecule has 0 saturated carbocycles. The summed E-state index contributed by atoms with van der Waals surface area (Å²) in [5.41, 5.74) is -1.25. The monoisotopic (exact) mass is 643 g/mol. The number of phenols is 2. The van der Waals surface area contributed by atoms with Crippen molar-refractivity contribution < 1.29 is 117 Å². The van der Waals surface area contributed by atoms with E-state index in [1.54, 1.807) is 0 Å². The van der Waals surface area contributed by atoms with Gasteiger partial charge in [-0.15, -0.1) is 0 Å². The molecule has 0 heterocycles. The number of aromatic hydroxyl groups is 2. The Morgan fingerprint density at radius 3 is 0.973 bits per heavy atom. The van der Waals surface area contributed by atoms with Crippen molar-refractivity contribution in [2.45, 2.75) is 9.79 Å². The Kier molecular flexibility index (Phi) is 35.5. The zero-order valence-corrected chi connectivity index (χ0v) is 20.8. The summed E-state index contributed by atoms with van der Waals surface area (Å²) >= 11 is 0. The van der Waals surface area contributed by atoms with Gasteiger partial charge in [0.1, 0.15) is 42.9 Å². The van der Waals surface area contributed by atoms with Crippen molar-refractivity contribution in [3.8, 4) is 11.5 Å². The van der Waals surface area contributed by atoms with Crippen LogP contribution in [-0.4, -0.2) is 69.3 Å². The van der Waals surface area contributed by atoms with E-state index in [2.05, 4.69) is 0 Å². The molecule has 0 fully saturated rings. The van der Waals surface area contributed by atoms with Crippen LogP contribution in [0.1, 0.15) is 20.7 Å². The summed E-state index contributed by atoms with van der Waals surface area (Å²) in [6.07, 6.45) is 0. The maximum Gasteiger partial charge on any atom is 2.00 e. The average Bonchev–Trinajstić information content (AvgIpc) is 2.53. The smallest absolute Gasteiger partial charge is 0.744 e. The third-order valence-corrected chi connectivity index (χ3v) is 4.64. The third-order valence-electron chi connectivity index (χ3n) is 2.97. The molecule has 0 aliphatic heterocycles. The van der Waals surface area contributed by atoms with Gasteiger partial charge in [0.15, 0.2) is 0 Å². The van der Waals surface area contributed by atoms with Gasteiger partial charge < -0.3 is 73.3 Å². The molecule has 2 aromatic rings. The van der Waals surface area contributed by atoms with Gasteiger partial charge in [-0.25, -0.2) is 26.4 Å². The number of aromatic carboxylic acids is 2. The predicted octanol–water partition coefficient (Wildman–Crippen LogP) is -7.19. The molecule has 0 saturated heterocycles. The molecule has 0 bridgehead atoms. The molecule has 20 nitrogen and oxygen atoms in total. The minimum Gasteiger partial charge on any atom is -0.744 e. The van der Waals surface area contributed by atoms with E-state index in [9.17, 15) is 35.5 Å². The van der Waals surface area contributed by atoms with Gasteiger partial charge in [0, 0.05) is 0 Å². The molecule has 0 atom stereocenters.